The summed E-state index contributed by atoms with van der Waals surface area (Å²) in [4.78, 5) is 11.3. The molecule has 0 aromatic carbocycles. The molecule has 2 aliphatic carbocycles. The molecule has 3 rings (SSSR count). The molecule has 1 heterocycles. The number of aliphatic hydroxyl groups is 1. The lowest BCUT2D eigenvalue weighted by Crippen LogP contribution is -2.23. The Morgan fingerprint density at radius 3 is 2.56 bits per heavy atom. The van der Waals surface area contributed by atoms with Crippen molar-refractivity contribution in [3.8, 4) is 0 Å². The predicted molar refractivity (Wildman–Crippen MR) is 94.7 cm³/mol. The maximum atomic E-state index is 11.3. The summed E-state index contributed by atoms with van der Waals surface area (Å²) in [7, 11) is 0. The highest BCUT2D eigenvalue weighted by Gasteiger charge is 2.41. The van der Waals surface area contributed by atoms with Crippen molar-refractivity contribution in [3.63, 3.8) is 0 Å². The largest absolute Gasteiger partial charge is 0.481 e. The van der Waals surface area contributed by atoms with E-state index in [-0.39, 0.29) is 18.9 Å². The summed E-state index contributed by atoms with van der Waals surface area (Å²) in [5.41, 5.74) is 2.08. The van der Waals surface area contributed by atoms with Gasteiger partial charge in [0.15, 0.2) is 0 Å². The molecule has 25 heavy (non-hydrogen) atoms. The Morgan fingerprint density at radius 1 is 1.28 bits per heavy atom. The number of aromatic nitrogens is 1. The summed E-state index contributed by atoms with van der Waals surface area (Å²) < 4.78 is 5.79. The fourth-order valence-corrected chi connectivity index (χ4v) is 4.39. The van der Waals surface area contributed by atoms with Crippen LogP contribution in [0.2, 0.25) is 0 Å². The van der Waals surface area contributed by atoms with Gasteiger partial charge in [0, 0.05) is 24.0 Å². The third kappa shape index (κ3) is 4.43. The van der Waals surface area contributed by atoms with Gasteiger partial charge in [-0.05, 0) is 62.7 Å². The molecule has 0 amide bonds. The number of hydrogen-bond donors (Lipinski definition) is 2. The van der Waals surface area contributed by atoms with Crippen LogP contribution in [0.15, 0.2) is 4.52 Å². The highest BCUT2D eigenvalue weighted by molar-refractivity contribution is 5.68. The molecule has 0 saturated heterocycles. The molecule has 0 unspecified atom stereocenters. The zero-order valence-electron chi connectivity index (χ0n) is 15.4. The minimum Gasteiger partial charge on any atom is -0.481 e. The molecule has 0 radical (unpaired) electrons. The lowest BCUT2D eigenvalue weighted by molar-refractivity contribution is -0.137. The molecular formula is C20H31NO4. The molecule has 5 nitrogen and oxygen atoms in total. The van der Waals surface area contributed by atoms with Gasteiger partial charge >= 0.3 is 5.97 Å². The molecule has 1 atom stereocenters. The second-order valence-electron chi connectivity index (χ2n) is 8.44. The average molecular weight is 349 g/mol. The normalized spacial score (nSPS) is 24.3. The first-order valence-electron chi connectivity index (χ1n) is 9.81. The number of rotatable bonds is 10. The van der Waals surface area contributed by atoms with E-state index < -0.39 is 5.97 Å². The number of carboxylic acids is 1. The molecule has 140 valence electrons. The Kier molecular flexibility index (Phi) is 5.82. The molecule has 0 bridgehead atoms. The van der Waals surface area contributed by atoms with Crippen LogP contribution in [0.3, 0.4) is 0 Å². The summed E-state index contributed by atoms with van der Waals surface area (Å²) >= 11 is 0. The van der Waals surface area contributed by atoms with E-state index in [4.69, 9.17) is 9.63 Å². The van der Waals surface area contributed by atoms with Crippen LogP contribution in [0.25, 0.3) is 0 Å². The molecule has 1 aromatic rings. The van der Waals surface area contributed by atoms with Crippen molar-refractivity contribution < 1.29 is 19.5 Å². The number of hydrogen-bond acceptors (Lipinski definition) is 4. The number of carboxylic acid groups (broad SMARTS) is 1. The molecule has 5 heteroatoms. The highest BCUT2D eigenvalue weighted by atomic mass is 16.5. The van der Waals surface area contributed by atoms with Gasteiger partial charge in [0.2, 0.25) is 0 Å². The monoisotopic (exact) mass is 349 g/mol. The van der Waals surface area contributed by atoms with Crippen molar-refractivity contribution in [2.45, 2.75) is 83.0 Å². The van der Waals surface area contributed by atoms with E-state index in [2.05, 4.69) is 19.0 Å². The molecular weight excluding hydrogens is 318 g/mol. The topological polar surface area (TPSA) is 83.6 Å². The molecule has 2 aliphatic rings. The lowest BCUT2D eigenvalue weighted by atomic mass is 9.69. The van der Waals surface area contributed by atoms with Gasteiger partial charge in [0.25, 0.3) is 0 Å². The third-order valence-corrected chi connectivity index (χ3v) is 5.70. The van der Waals surface area contributed by atoms with Gasteiger partial charge in [-0.2, -0.15) is 0 Å². The van der Waals surface area contributed by atoms with Gasteiger partial charge in [0.05, 0.1) is 12.1 Å². The van der Waals surface area contributed by atoms with Crippen molar-refractivity contribution in [1.82, 2.24) is 5.16 Å². The first-order chi connectivity index (χ1) is 12.0. The Hall–Kier alpha value is -1.36. The van der Waals surface area contributed by atoms with Crippen LogP contribution < -0.4 is 0 Å². The van der Waals surface area contributed by atoms with Gasteiger partial charge < -0.3 is 14.7 Å². The van der Waals surface area contributed by atoms with Crippen molar-refractivity contribution in [3.05, 3.63) is 17.0 Å². The van der Waals surface area contributed by atoms with Crippen LogP contribution in [0.5, 0.6) is 0 Å². The number of nitrogens with zero attached hydrogens (tertiary/aromatic N) is 1. The van der Waals surface area contributed by atoms with Crippen molar-refractivity contribution in [1.29, 1.82) is 0 Å². The maximum absolute atomic E-state index is 11.3. The molecule has 2 saturated carbocycles. The standard InChI is InChI=1S/C20H31NO4/c1-12(2)8-13-9-16(10-13)20-18(14-5-6-14)19(21-25-20)15(4-3-7-22)11-17(23)24/h12-16,22H,3-11H2,1-2H3,(H,23,24)/t13?,15-,16?/m0/s1. The SMILES string of the molecule is CC(C)CC1CC(c2onc([C@@H](CCCO)CC(=O)O)c2C2CC2)C1. The second-order valence-corrected chi connectivity index (χ2v) is 8.44. The fourth-order valence-electron chi connectivity index (χ4n) is 4.39. The summed E-state index contributed by atoms with van der Waals surface area (Å²) in [6.07, 6.45) is 7.24. The van der Waals surface area contributed by atoms with Crippen LogP contribution in [-0.4, -0.2) is 27.9 Å². The summed E-state index contributed by atoms with van der Waals surface area (Å²) in [6.45, 7) is 4.62. The van der Waals surface area contributed by atoms with Crippen molar-refractivity contribution in [2.24, 2.45) is 11.8 Å². The quantitative estimate of drug-likeness (QED) is 0.653. The summed E-state index contributed by atoms with van der Waals surface area (Å²) in [5, 5.41) is 22.8. The summed E-state index contributed by atoms with van der Waals surface area (Å²) in [6, 6.07) is 0. The van der Waals surface area contributed by atoms with Gasteiger partial charge in [-0.25, -0.2) is 0 Å². The molecule has 0 spiro atoms. The number of carbonyl (C=O) groups is 1. The van der Waals surface area contributed by atoms with E-state index in [1.807, 2.05) is 0 Å². The average Bonchev–Trinajstić information content (AvgIpc) is 3.25. The van der Waals surface area contributed by atoms with Gasteiger partial charge in [-0.1, -0.05) is 19.0 Å². The van der Waals surface area contributed by atoms with Crippen molar-refractivity contribution >= 4 is 5.97 Å². The fraction of sp³-hybridized carbons (Fsp3) is 0.800. The van der Waals surface area contributed by atoms with E-state index in [1.54, 1.807) is 0 Å². The highest BCUT2D eigenvalue weighted by Crippen LogP contribution is 2.52. The first kappa shape index (κ1) is 18.4. The second kappa shape index (κ2) is 7.90. The third-order valence-electron chi connectivity index (χ3n) is 5.70. The zero-order chi connectivity index (χ0) is 18.0. The van der Waals surface area contributed by atoms with E-state index in [1.165, 1.54) is 24.8 Å². The van der Waals surface area contributed by atoms with Gasteiger partial charge in [-0.3, -0.25) is 4.79 Å². The maximum Gasteiger partial charge on any atom is 0.304 e. The number of aliphatic carboxylic acids is 1. The van der Waals surface area contributed by atoms with Crippen molar-refractivity contribution in [2.75, 3.05) is 6.61 Å². The van der Waals surface area contributed by atoms with Crippen LogP contribution in [0, 0.1) is 11.8 Å². The van der Waals surface area contributed by atoms with E-state index in [0.29, 0.717) is 24.7 Å². The minimum atomic E-state index is -0.810. The molecule has 2 N–H and O–H groups in total. The lowest BCUT2D eigenvalue weighted by Gasteiger charge is -2.35. The molecule has 2 fully saturated rings. The Morgan fingerprint density at radius 2 is 2.00 bits per heavy atom. The van der Waals surface area contributed by atoms with Crippen LogP contribution in [0.1, 0.15) is 100.0 Å². The van der Waals surface area contributed by atoms with E-state index in [9.17, 15) is 9.90 Å². The molecule has 0 aliphatic heterocycles. The smallest absolute Gasteiger partial charge is 0.304 e. The minimum absolute atomic E-state index is 0.0618. The van der Waals surface area contributed by atoms with Crippen LogP contribution in [-0.2, 0) is 4.79 Å². The Balaban J connectivity index is 1.76. The van der Waals surface area contributed by atoms with E-state index in [0.717, 1.165) is 36.1 Å². The van der Waals surface area contributed by atoms with Crippen LogP contribution >= 0.6 is 0 Å². The zero-order valence-corrected chi connectivity index (χ0v) is 15.4. The van der Waals surface area contributed by atoms with Crippen LogP contribution in [0.4, 0.5) is 0 Å². The Labute approximate surface area is 149 Å². The van der Waals surface area contributed by atoms with Gasteiger partial charge in [-0.15, -0.1) is 0 Å². The van der Waals surface area contributed by atoms with Gasteiger partial charge in [0.1, 0.15) is 5.76 Å². The summed E-state index contributed by atoms with van der Waals surface area (Å²) in [5.74, 6) is 2.57. The number of aliphatic hydroxyl groups excluding tert-OH is 1. The van der Waals surface area contributed by atoms with E-state index >= 15 is 0 Å². The first-order valence-corrected chi connectivity index (χ1v) is 9.81. The molecule has 1 aromatic heterocycles. The predicted octanol–water partition coefficient (Wildman–Crippen LogP) is 4.42. The Bertz CT molecular complexity index is 585.